The summed E-state index contributed by atoms with van der Waals surface area (Å²) in [5, 5.41) is 8.34. The number of carbonyl (C=O) groups is 3. The van der Waals surface area contributed by atoms with E-state index in [1.165, 1.54) is 0 Å². The van der Waals surface area contributed by atoms with Crippen LogP contribution < -0.4 is 16.0 Å². The van der Waals surface area contributed by atoms with Gasteiger partial charge in [0.05, 0.1) is 5.54 Å². The second kappa shape index (κ2) is 10.9. The van der Waals surface area contributed by atoms with Gasteiger partial charge >= 0.3 is 12.1 Å². The van der Waals surface area contributed by atoms with Crippen molar-refractivity contribution in [1.29, 1.82) is 0 Å². The SMILES string of the molecule is CCCCNC(=O)N(C(=O)NCC(C)C)C(C)(C)CC(=O)NC(C)C. The van der Waals surface area contributed by atoms with E-state index in [0.717, 1.165) is 17.7 Å². The monoisotopic (exact) mass is 356 g/mol. The first-order valence-electron chi connectivity index (χ1n) is 9.16. The van der Waals surface area contributed by atoms with Gasteiger partial charge in [0.2, 0.25) is 5.91 Å². The standard InChI is InChI=1S/C18H36N4O3/c1-8-9-10-19-16(24)22(17(25)20-12-13(2)3)18(6,7)11-15(23)21-14(4)5/h13-14H,8-12H2,1-7H3,(H,19,24)(H,20,25)(H,21,23). The molecule has 0 heterocycles. The Bertz CT molecular complexity index is 448. The van der Waals surface area contributed by atoms with Crippen molar-refractivity contribution in [3.8, 4) is 0 Å². The fourth-order valence-corrected chi connectivity index (χ4v) is 2.31. The van der Waals surface area contributed by atoms with E-state index >= 15 is 0 Å². The van der Waals surface area contributed by atoms with E-state index in [-0.39, 0.29) is 24.3 Å². The molecule has 0 radical (unpaired) electrons. The third-order valence-electron chi connectivity index (χ3n) is 3.52. The summed E-state index contributed by atoms with van der Waals surface area (Å²) in [6, 6.07) is -0.952. The van der Waals surface area contributed by atoms with E-state index in [1.54, 1.807) is 13.8 Å². The Morgan fingerprint density at radius 1 is 1.00 bits per heavy atom. The highest BCUT2D eigenvalue weighted by atomic mass is 16.2. The van der Waals surface area contributed by atoms with Crippen molar-refractivity contribution < 1.29 is 14.4 Å². The van der Waals surface area contributed by atoms with Crippen LogP contribution in [0, 0.1) is 5.92 Å². The molecule has 3 N–H and O–H groups in total. The third-order valence-corrected chi connectivity index (χ3v) is 3.52. The Labute approximate surface area is 152 Å². The van der Waals surface area contributed by atoms with Gasteiger partial charge in [0.1, 0.15) is 0 Å². The number of hydrogen-bond donors (Lipinski definition) is 3. The van der Waals surface area contributed by atoms with E-state index in [1.807, 2.05) is 34.6 Å². The van der Waals surface area contributed by atoms with Crippen molar-refractivity contribution in [2.24, 2.45) is 5.92 Å². The molecule has 0 unspecified atom stereocenters. The highest BCUT2D eigenvalue weighted by Crippen LogP contribution is 2.20. The first-order chi connectivity index (χ1) is 11.5. The fourth-order valence-electron chi connectivity index (χ4n) is 2.31. The largest absolute Gasteiger partial charge is 0.354 e. The Morgan fingerprint density at radius 3 is 2.04 bits per heavy atom. The molecule has 0 aliphatic heterocycles. The second-order valence-electron chi connectivity index (χ2n) is 7.71. The smallest absolute Gasteiger partial charge is 0.326 e. The number of carbonyl (C=O) groups excluding carboxylic acids is 3. The molecular formula is C18H36N4O3. The van der Waals surface area contributed by atoms with Crippen LogP contribution in [0.4, 0.5) is 9.59 Å². The van der Waals surface area contributed by atoms with Crippen LogP contribution in [0.25, 0.3) is 0 Å². The molecule has 0 aromatic rings. The number of hydrogen-bond acceptors (Lipinski definition) is 3. The molecule has 0 aliphatic rings. The predicted octanol–water partition coefficient (Wildman–Crippen LogP) is 2.86. The molecule has 7 heteroatoms. The predicted molar refractivity (Wildman–Crippen MR) is 100 cm³/mol. The zero-order valence-electron chi connectivity index (χ0n) is 16.9. The van der Waals surface area contributed by atoms with Crippen molar-refractivity contribution in [3.63, 3.8) is 0 Å². The Morgan fingerprint density at radius 2 is 1.56 bits per heavy atom. The number of imide groups is 1. The average Bonchev–Trinajstić information content (AvgIpc) is 2.43. The Hall–Kier alpha value is -1.79. The minimum atomic E-state index is -0.948. The normalized spacial score (nSPS) is 11.4. The van der Waals surface area contributed by atoms with Gasteiger partial charge in [0.25, 0.3) is 0 Å². The number of amides is 5. The molecule has 146 valence electrons. The molecule has 0 rings (SSSR count). The lowest BCUT2D eigenvalue weighted by molar-refractivity contribution is -0.123. The van der Waals surface area contributed by atoms with E-state index in [2.05, 4.69) is 16.0 Å². The zero-order valence-corrected chi connectivity index (χ0v) is 16.9. The minimum absolute atomic E-state index is 0.00454. The van der Waals surface area contributed by atoms with Crippen LogP contribution in [0.1, 0.15) is 67.7 Å². The lowest BCUT2D eigenvalue weighted by atomic mass is 9.97. The van der Waals surface area contributed by atoms with Crippen molar-refractivity contribution in [1.82, 2.24) is 20.9 Å². The van der Waals surface area contributed by atoms with Crippen LogP contribution >= 0.6 is 0 Å². The van der Waals surface area contributed by atoms with Gasteiger partial charge < -0.3 is 16.0 Å². The molecule has 5 amide bonds. The Kier molecular flexibility index (Phi) is 10.2. The van der Waals surface area contributed by atoms with E-state index in [0.29, 0.717) is 13.1 Å². The van der Waals surface area contributed by atoms with Gasteiger partial charge in [0, 0.05) is 25.6 Å². The number of rotatable bonds is 9. The van der Waals surface area contributed by atoms with Crippen molar-refractivity contribution in [3.05, 3.63) is 0 Å². The topological polar surface area (TPSA) is 90.5 Å². The van der Waals surface area contributed by atoms with Crippen LogP contribution in [0.3, 0.4) is 0 Å². The maximum atomic E-state index is 12.6. The second-order valence-corrected chi connectivity index (χ2v) is 7.71. The first-order valence-corrected chi connectivity index (χ1v) is 9.16. The number of nitrogens with one attached hydrogen (secondary N) is 3. The third kappa shape index (κ3) is 9.31. The quantitative estimate of drug-likeness (QED) is 0.555. The molecule has 0 aromatic heterocycles. The molecule has 0 bridgehead atoms. The first kappa shape index (κ1) is 23.2. The maximum absolute atomic E-state index is 12.6. The summed E-state index contributed by atoms with van der Waals surface area (Å²) in [6.45, 7) is 14.1. The van der Waals surface area contributed by atoms with Crippen molar-refractivity contribution >= 4 is 18.0 Å². The van der Waals surface area contributed by atoms with Crippen molar-refractivity contribution in [2.75, 3.05) is 13.1 Å². The summed E-state index contributed by atoms with van der Waals surface area (Å²) in [4.78, 5) is 38.4. The summed E-state index contributed by atoms with van der Waals surface area (Å²) in [5.41, 5.74) is -0.948. The van der Waals surface area contributed by atoms with Gasteiger partial charge in [-0.15, -0.1) is 0 Å². The number of unbranched alkanes of at least 4 members (excludes halogenated alkanes) is 1. The highest BCUT2D eigenvalue weighted by molar-refractivity contribution is 5.95. The molecule has 0 aromatic carbocycles. The van der Waals surface area contributed by atoms with Crippen LogP contribution in [-0.4, -0.2) is 47.5 Å². The van der Waals surface area contributed by atoms with Gasteiger partial charge in [-0.2, -0.15) is 0 Å². The maximum Gasteiger partial charge on any atom is 0.326 e. The molecule has 0 atom stereocenters. The lowest BCUT2D eigenvalue weighted by Crippen LogP contribution is -2.59. The average molecular weight is 357 g/mol. The van der Waals surface area contributed by atoms with Crippen LogP contribution in [0.5, 0.6) is 0 Å². The summed E-state index contributed by atoms with van der Waals surface area (Å²) < 4.78 is 0. The Balaban J connectivity index is 5.21. The summed E-state index contributed by atoms with van der Waals surface area (Å²) in [6.07, 6.45) is 1.82. The number of urea groups is 2. The van der Waals surface area contributed by atoms with Gasteiger partial charge in [-0.1, -0.05) is 27.2 Å². The molecular weight excluding hydrogens is 320 g/mol. The van der Waals surface area contributed by atoms with Crippen LogP contribution in [0.15, 0.2) is 0 Å². The van der Waals surface area contributed by atoms with Crippen molar-refractivity contribution in [2.45, 2.75) is 79.3 Å². The zero-order chi connectivity index (χ0) is 19.6. The lowest BCUT2D eigenvalue weighted by Gasteiger charge is -2.36. The van der Waals surface area contributed by atoms with Gasteiger partial charge in [-0.25, -0.2) is 14.5 Å². The van der Waals surface area contributed by atoms with Crippen LogP contribution in [-0.2, 0) is 4.79 Å². The van der Waals surface area contributed by atoms with Crippen LogP contribution in [0.2, 0.25) is 0 Å². The van der Waals surface area contributed by atoms with E-state index < -0.39 is 17.6 Å². The minimum Gasteiger partial charge on any atom is -0.354 e. The molecule has 0 fully saturated rings. The molecule has 0 spiro atoms. The number of nitrogens with zero attached hydrogens (tertiary/aromatic N) is 1. The molecule has 7 nitrogen and oxygen atoms in total. The summed E-state index contributed by atoms with van der Waals surface area (Å²) >= 11 is 0. The van der Waals surface area contributed by atoms with Gasteiger partial charge in [0.15, 0.2) is 0 Å². The molecule has 0 saturated carbocycles. The van der Waals surface area contributed by atoms with E-state index in [4.69, 9.17) is 0 Å². The molecule has 0 saturated heterocycles. The fraction of sp³-hybridized carbons (Fsp3) is 0.833. The van der Waals surface area contributed by atoms with E-state index in [9.17, 15) is 14.4 Å². The van der Waals surface area contributed by atoms with Gasteiger partial charge in [-0.3, -0.25) is 4.79 Å². The molecule has 25 heavy (non-hydrogen) atoms. The highest BCUT2D eigenvalue weighted by Gasteiger charge is 2.38. The van der Waals surface area contributed by atoms with Gasteiger partial charge in [-0.05, 0) is 40.0 Å². The summed E-state index contributed by atoms with van der Waals surface area (Å²) in [5.74, 6) is 0.0734. The molecule has 0 aliphatic carbocycles. The summed E-state index contributed by atoms with van der Waals surface area (Å²) in [7, 11) is 0.